The Hall–Kier alpha value is -2.17. The highest BCUT2D eigenvalue weighted by atomic mass is 16.3. The molecule has 0 unspecified atom stereocenters. The minimum Gasteiger partial charge on any atom is -0.373 e. The molecule has 1 N–H and O–H groups in total. The largest absolute Gasteiger partial charge is 0.373 e. The van der Waals surface area contributed by atoms with Crippen molar-refractivity contribution < 1.29 is 9.90 Å². The van der Waals surface area contributed by atoms with Crippen LogP contribution in [-0.4, -0.2) is 16.5 Å². The van der Waals surface area contributed by atoms with Crippen LogP contribution < -0.4 is 0 Å². The molecule has 0 heterocycles. The average Bonchev–Trinajstić information content (AvgIpc) is 2.79. The van der Waals surface area contributed by atoms with Gasteiger partial charge in [0.2, 0.25) is 0 Å². The van der Waals surface area contributed by atoms with E-state index in [1.807, 2.05) is 6.07 Å². The lowest BCUT2D eigenvalue weighted by Crippen LogP contribution is -2.25. The van der Waals surface area contributed by atoms with Crippen LogP contribution in [0, 0.1) is 33.5 Å². The molecule has 4 nitrogen and oxygen atoms in total. The first-order valence-electron chi connectivity index (χ1n) is 5.54. The standard InChI is InChI=1S/C14H12N2O2/c1-12(2)13(8-15,14(12,18)9-16)11(17)10-6-4-3-5-7-10/h3-7,18H,1-2H3/t13-,14+/m1/s1. The molecule has 0 bridgehead atoms. The third kappa shape index (κ3) is 1.04. The maximum atomic E-state index is 12.4. The van der Waals surface area contributed by atoms with E-state index in [-0.39, 0.29) is 0 Å². The highest BCUT2D eigenvalue weighted by Crippen LogP contribution is 2.72. The molecular formula is C14H12N2O2. The molecule has 0 radical (unpaired) electrons. The quantitative estimate of drug-likeness (QED) is 0.629. The summed E-state index contributed by atoms with van der Waals surface area (Å²) in [6, 6.07) is 11.8. The highest BCUT2D eigenvalue weighted by molar-refractivity contribution is 6.07. The van der Waals surface area contributed by atoms with Crippen LogP contribution in [0.3, 0.4) is 0 Å². The van der Waals surface area contributed by atoms with Gasteiger partial charge in [-0.25, -0.2) is 0 Å². The number of carbonyl (C=O) groups excluding carboxylic acids is 1. The molecule has 2 rings (SSSR count). The predicted molar refractivity (Wildman–Crippen MR) is 63.2 cm³/mol. The second-order valence-corrected chi connectivity index (χ2v) is 5.00. The van der Waals surface area contributed by atoms with Gasteiger partial charge < -0.3 is 5.11 Å². The summed E-state index contributed by atoms with van der Waals surface area (Å²) in [4.78, 5) is 12.4. The molecule has 0 aliphatic heterocycles. The van der Waals surface area contributed by atoms with Gasteiger partial charge in [0.15, 0.2) is 16.8 Å². The van der Waals surface area contributed by atoms with Gasteiger partial charge in [-0.1, -0.05) is 44.2 Å². The van der Waals surface area contributed by atoms with Gasteiger partial charge in [0.1, 0.15) is 6.07 Å². The van der Waals surface area contributed by atoms with Gasteiger partial charge in [-0.05, 0) is 0 Å². The van der Waals surface area contributed by atoms with Crippen LogP contribution in [0.15, 0.2) is 30.3 Å². The van der Waals surface area contributed by atoms with E-state index in [4.69, 9.17) is 5.26 Å². The van der Waals surface area contributed by atoms with Crippen molar-refractivity contribution in [3.8, 4) is 12.1 Å². The molecule has 2 atom stereocenters. The van der Waals surface area contributed by atoms with E-state index in [9.17, 15) is 15.2 Å². The van der Waals surface area contributed by atoms with Crippen molar-refractivity contribution in [2.45, 2.75) is 19.4 Å². The highest BCUT2D eigenvalue weighted by Gasteiger charge is 2.88. The van der Waals surface area contributed by atoms with Gasteiger partial charge in [0.05, 0.1) is 6.07 Å². The molecule has 0 saturated heterocycles. The lowest BCUT2D eigenvalue weighted by molar-refractivity contribution is 0.0856. The van der Waals surface area contributed by atoms with Crippen LogP contribution in [-0.2, 0) is 0 Å². The number of benzene rings is 1. The van der Waals surface area contributed by atoms with E-state index in [2.05, 4.69) is 0 Å². The number of ketones is 1. The summed E-state index contributed by atoms with van der Waals surface area (Å²) < 4.78 is 0. The van der Waals surface area contributed by atoms with Crippen molar-refractivity contribution in [1.82, 2.24) is 0 Å². The molecule has 0 aromatic heterocycles. The van der Waals surface area contributed by atoms with Gasteiger partial charge in [-0.15, -0.1) is 0 Å². The molecule has 1 aliphatic rings. The lowest BCUT2D eigenvalue weighted by atomic mass is 9.88. The van der Waals surface area contributed by atoms with Crippen molar-refractivity contribution in [1.29, 1.82) is 10.5 Å². The third-order valence-electron chi connectivity index (χ3n) is 4.03. The van der Waals surface area contributed by atoms with Crippen molar-refractivity contribution in [2.24, 2.45) is 10.8 Å². The second-order valence-electron chi connectivity index (χ2n) is 5.00. The Balaban J connectivity index is 2.56. The van der Waals surface area contributed by atoms with Crippen molar-refractivity contribution in [3.63, 3.8) is 0 Å². The lowest BCUT2D eigenvalue weighted by Gasteiger charge is -2.09. The Morgan fingerprint density at radius 2 is 1.72 bits per heavy atom. The van der Waals surface area contributed by atoms with E-state index >= 15 is 0 Å². The number of aliphatic hydroxyl groups is 1. The first kappa shape index (κ1) is 12.3. The summed E-state index contributed by atoms with van der Waals surface area (Å²) in [5.41, 5.74) is -4.35. The number of Topliss-reactive ketones (excluding diaryl/α,β-unsaturated/α-hetero) is 1. The summed E-state index contributed by atoms with van der Waals surface area (Å²) in [5.74, 6) is -0.500. The Morgan fingerprint density at radius 3 is 2.11 bits per heavy atom. The first-order chi connectivity index (χ1) is 8.39. The van der Waals surface area contributed by atoms with E-state index in [0.29, 0.717) is 5.56 Å². The summed E-state index contributed by atoms with van der Waals surface area (Å²) in [5, 5.41) is 28.6. The summed E-state index contributed by atoms with van der Waals surface area (Å²) in [6.07, 6.45) is 0. The van der Waals surface area contributed by atoms with Gasteiger partial charge in [-0.3, -0.25) is 4.79 Å². The van der Waals surface area contributed by atoms with Crippen molar-refractivity contribution >= 4 is 5.78 Å². The maximum Gasteiger partial charge on any atom is 0.187 e. The third-order valence-corrected chi connectivity index (χ3v) is 4.03. The number of nitriles is 2. The summed E-state index contributed by atoms with van der Waals surface area (Å²) in [7, 11) is 0. The van der Waals surface area contributed by atoms with Gasteiger partial charge in [-0.2, -0.15) is 10.5 Å². The van der Waals surface area contributed by atoms with Crippen LogP contribution in [0.2, 0.25) is 0 Å². The molecule has 1 fully saturated rings. The molecule has 1 saturated carbocycles. The van der Waals surface area contributed by atoms with E-state index in [0.717, 1.165) is 0 Å². The van der Waals surface area contributed by atoms with Gasteiger partial charge >= 0.3 is 0 Å². The minimum atomic E-state index is -1.93. The van der Waals surface area contributed by atoms with Crippen LogP contribution in [0.1, 0.15) is 24.2 Å². The summed E-state index contributed by atoms with van der Waals surface area (Å²) in [6.45, 7) is 3.11. The van der Waals surface area contributed by atoms with Crippen LogP contribution in [0.4, 0.5) is 0 Å². The van der Waals surface area contributed by atoms with Gasteiger partial charge in [0.25, 0.3) is 0 Å². The summed E-state index contributed by atoms with van der Waals surface area (Å²) >= 11 is 0. The van der Waals surface area contributed by atoms with E-state index in [1.54, 1.807) is 50.2 Å². The molecule has 4 heteroatoms. The zero-order valence-corrected chi connectivity index (χ0v) is 10.1. The first-order valence-corrected chi connectivity index (χ1v) is 5.54. The molecule has 1 aromatic carbocycles. The van der Waals surface area contributed by atoms with Crippen LogP contribution >= 0.6 is 0 Å². The van der Waals surface area contributed by atoms with Crippen LogP contribution in [0.25, 0.3) is 0 Å². The van der Waals surface area contributed by atoms with Crippen molar-refractivity contribution in [3.05, 3.63) is 35.9 Å². The monoisotopic (exact) mass is 240 g/mol. The molecule has 1 aromatic rings. The fraction of sp³-hybridized carbons (Fsp3) is 0.357. The van der Waals surface area contributed by atoms with Crippen molar-refractivity contribution in [2.75, 3.05) is 0 Å². The minimum absolute atomic E-state index is 0.332. The zero-order valence-electron chi connectivity index (χ0n) is 10.1. The number of nitrogens with zero attached hydrogens (tertiary/aromatic N) is 2. The topological polar surface area (TPSA) is 84.9 Å². The Morgan fingerprint density at radius 1 is 1.17 bits per heavy atom. The van der Waals surface area contributed by atoms with E-state index in [1.165, 1.54) is 0 Å². The van der Waals surface area contributed by atoms with Gasteiger partial charge in [0, 0.05) is 11.0 Å². The smallest absolute Gasteiger partial charge is 0.187 e. The SMILES string of the molecule is CC1(C)[C@@](O)(C#N)[C@]1(C#N)C(=O)c1ccccc1. The number of carbonyl (C=O) groups is 1. The Labute approximate surface area is 105 Å². The molecule has 18 heavy (non-hydrogen) atoms. The normalized spacial score (nSPS) is 32.1. The fourth-order valence-electron chi connectivity index (χ4n) is 2.60. The molecule has 0 amide bonds. The number of hydrogen-bond acceptors (Lipinski definition) is 4. The number of hydrogen-bond donors (Lipinski definition) is 1. The molecular weight excluding hydrogens is 228 g/mol. The zero-order chi connectivity index (χ0) is 13.6. The Kier molecular flexibility index (Phi) is 2.33. The second kappa shape index (κ2) is 3.41. The molecule has 90 valence electrons. The van der Waals surface area contributed by atoms with E-state index < -0.39 is 22.2 Å². The fourth-order valence-corrected chi connectivity index (χ4v) is 2.60. The Bertz CT molecular complexity index is 594. The number of rotatable bonds is 2. The molecule has 1 aliphatic carbocycles. The molecule has 0 spiro atoms. The maximum absolute atomic E-state index is 12.4. The van der Waals surface area contributed by atoms with Crippen LogP contribution in [0.5, 0.6) is 0 Å². The average molecular weight is 240 g/mol. The predicted octanol–water partition coefficient (Wildman–Crippen LogP) is 1.67.